The molecule has 0 aliphatic heterocycles. The highest BCUT2D eigenvalue weighted by Crippen LogP contribution is 2.15. The first kappa shape index (κ1) is 10.8. The second kappa shape index (κ2) is 4.32. The molecular formula is C9H6FNO4. The van der Waals surface area contributed by atoms with Gasteiger partial charge in [-0.3, -0.25) is 10.1 Å². The average molecular weight is 211 g/mol. The van der Waals surface area contributed by atoms with Gasteiger partial charge in [-0.2, -0.15) is 4.39 Å². The molecule has 1 N–H and O–H groups in total. The lowest BCUT2D eigenvalue weighted by Crippen LogP contribution is -1.94. The monoisotopic (exact) mass is 211 g/mol. The molecule has 0 radical (unpaired) electrons. The van der Waals surface area contributed by atoms with Crippen molar-refractivity contribution in [2.24, 2.45) is 0 Å². The molecule has 0 aromatic heterocycles. The Kier molecular flexibility index (Phi) is 3.12. The van der Waals surface area contributed by atoms with Gasteiger partial charge in [-0.15, -0.1) is 0 Å². The first-order valence-corrected chi connectivity index (χ1v) is 3.85. The third kappa shape index (κ3) is 2.87. The largest absolute Gasteiger partial charge is 0.476 e. The molecule has 0 saturated heterocycles. The van der Waals surface area contributed by atoms with Crippen LogP contribution in [0.25, 0.3) is 6.08 Å². The van der Waals surface area contributed by atoms with E-state index in [4.69, 9.17) is 5.11 Å². The van der Waals surface area contributed by atoms with Crippen LogP contribution in [0.4, 0.5) is 10.1 Å². The second-order valence-corrected chi connectivity index (χ2v) is 2.65. The summed E-state index contributed by atoms with van der Waals surface area (Å²) in [5, 5.41) is 18.6. The van der Waals surface area contributed by atoms with Gasteiger partial charge in [-0.25, -0.2) is 4.79 Å². The number of hydrogen-bond donors (Lipinski definition) is 1. The van der Waals surface area contributed by atoms with Crippen molar-refractivity contribution in [2.45, 2.75) is 0 Å². The third-order valence-corrected chi connectivity index (χ3v) is 1.58. The lowest BCUT2D eigenvalue weighted by molar-refractivity contribution is -0.384. The van der Waals surface area contributed by atoms with E-state index < -0.39 is 16.7 Å². The molecule has 0 saturated carbocycles. The minimum Gasteiger partial charge on any atom is -0.476 e. The van der Waals surface area contributed by atoms with Crippen molar-refractivity contribution in [3.05, 3.63) is 45.8 Å². The zero-order valence-corrected chi connectivity index (χ0v) is 7.38. The van der Waals surface area contributed by atoms with Gasteiger partial charge >= 0.3 is 5.97 Å². The fraction of sp³-hybridized carbons (Fsp3) is 0. The predicted molar refractivity (Wildman–Crippen MR) is 49.8 cm³/mol. The van der Waals surface area contributed by atoms with Crippen molar-refractivity contribution >= 4 is 17.7 Å². The number of halogens is 1. The van der Waals surface area contributed by atoms with Crippen LogP contribution in [0.1, 0.15) is 5.56 Å². The van der Waals surface area contributed by atoms with E-state index in [2.05, 4.69) is 0 Å². The SMILES string of the molecule is O=C(O)/C(F)=C\c1cccc([N+](=O)[O-])c1. The fourth-order valence-corrected chi connectivity index (χ4v) is 0.936. The minimum absolute atomic E-state index is 0.129. The first-order valence-electron chi connectivity index (χ1n) is 3.85. The summed E-state index contributed by atoms with van der Waals surface area (Å²) >= 11 is 0. The van der Waals surface area contributed by atoms with Crippen LogP contribution in [0.15, 0.2) is 30.1 Å². The van der Waals surface area contributed by atoms with Crippen LogP contribution in [0.5, 0.6) is 0 Å². The number of rotatable bonds is 3. The van der Waals surface area contributed by atoms with Crippen LogP contribution >= 0.6 is 0 Å². The molecule has 0 unspecified atom stereocenters. The van der Waals surface area contributed by atoms with Crippen molar-refractivity contribution in [3.63, 3.8) is 0 Å². The lowest BCUT2D eigenvalue weighted by atomic mass is 10.2. The van der Waals surface area contributed by atoms with Gasteiger partial charge < -0.3 is 5.11 Å². The van der Waals surface area contributed by atoms with Crippen LogP contribution in [0, 0.1) is 10.1 Å². The van der Waals surface area contributed by atoms with E-state index >= 15 is 0 Å². The smallest absolute Gasteiger partial charge is 0.364 e. The molecule has 78 valence electrons. The highest BCUT2D eigenvalue weighted by atomic mass is 19.1. The molecule has 1 aromatic carbocycles. The Labute approximate surface area is 83.6 Å². The fourth-order valence-electron chi connectivity index (χ4n) is 0.936. The Hall–Kier alpha value is -2.24. The van der Waals surface area contributed by atoms with Crippen LogP contribution < -0.4 is 0 Å². The molecule has 0 amide bonds. The summed E-state index contributed by atoms with van der Waals surface area (Å²) in [6, 6.07) is 5.03. The van der Waals surface area contributed by atoms with Gasteiger partial charge in [0.15, 0.2) is 0 Å². The van der Waals surface area contributed by atoms with Crippen molar-refractivity contribution < 1.29 is 19.2 Å². The van der Waals surface area contributed by atoms with Crippen LogP contribution in [0.3, 0.4) is 0 Å². The van der Waals surface area contributed by atoms with E-state index in [0.717, 1.165) is 12.1 Å². The molecule has 5 nitrogen and oxygen atoms in total. The number of carboxylic acids is 1. The second-order valence-electron chi connectivity index (χ2n) is 2.65. The highest BCUT2D eigenvalue weighted by Gasteiger charge is 2.08. The number of nitrogens with zero attached hydrogens (tertiary/aromatic N) is 1. The predicted octanol–water partition coefficient (Wildman–Crippen LogP) is 1.99. The molecule has 1 rings (SSSR count). The van der Waals surface area contributed by atoms with Gasteiger partial charge in [0.25, 0.3) is 5.69 Å². The van der Waals surface area contributed by atoms with Crippen molar-refractivity contribution in [1.82, 2.24) is 0 Å². The van der Waals surface area contributed by atoms with Gasteiger partial charge in [-0.1, -0.05) is 12.1 Å². The zero-order valence-electron chi connectivity index (χ0n) is 7.38. The van der Waals surface area contributed by atoms with Gasteiger partial charge in [0.1, 0.15) is 0 Å². The summed E-state index contributed by atoms with van der Waals surface area (Å²) in [6.07, 6.45) is 0.718. The molecule has 0 aliphatic carbocycles. The molecule has 0 bridgehead atoms. The molecule has 6 heteroatoms. The topological polar surface area (TPSA) is 80.4 Å². The normalized spacial score (nSPS) is 11.1. The van der Waals surface area contributed by atoms with E-state index in [1.54, 1.807) is 0 Å². The molecule has 15 heavy (non-hydrogen) atoms. The number of hydrogen-bond acceptors (Lipinski definition) is 3. The maximum absolute atomic E-state index is 12.6. The maximum atomic E-state index is 12.6. The Morgan fingerprint density at radius 3 is 2.73 bits per heavy atom. The Morgan fingerprint density at radius 2 is 2.20 bits per heavy atom. The highest BCUT2D eigenvalue weighted by molar-refractivity contribution is 5.89. The van der Waals surface area contributed by atoms with Gasteiger partial charge in [0.2, 0.25) is 5.83 Å². The van der Waals surface area contributed by atoms with E-state index in [9.17, 15) is 19.3 Å². The number of benzene rings is 1. The van der Waals surface area contributed by atoms with Crippen molar-refractivity contribution in [3.8, 4) is 0 Å². The maximum Gasteiger partial charge on any atom is 0.364 e. The number of aliphatic carboxylic acids is 1. The zero-order chi connectivity index (χ0) is 11.4. The van der Waals surface area contributed by atoms with Gasteiger partial charge in [0.05, 0.1) is 4.92 Å². The molecule has 1 aromatic rings. The summed E-state index contributed by atoms with van der Waals surface area (Å²) in [4.78, 5) is 19.9. The quantitative estimate of drug-likeness (QED) is 0.471. The third-order valence-electron chi connectivity index (χ3n) is 1.58. The minimum atomic E-state index is -1.71. The summed E-state index contributed by atoms with van der Waals surface area (Å²) < 4.78 is 12.6. The van der Waals surface area contributed by atoms with E-state index in [0.29, 0.717) is 0 Å². The lowest BCUT2D eigenvalue weighted by Gasteiger charge is -1.94. The summed E-state index contributed by atoms with van der Waals surface area (Å²) in [5.74, 6) is -3.07. The van der Waals surface area contributed by atoms with Crippen LogP contribution in [-0.2, 0) is 4.79 Å². The molecule has 0 spiro atoms. The molecule has 0 atom stereocenters. The van der Waals surface area contributed by atoms with Crippen molar-refractivity contribution in [2.75, 3.05) is 0 Å². The Morgan fingerprint density at radius 1 is 1.53 bits per heavy atom. The van der Waals surface area contributed by atoms with E-state index in [1.165, 1.54) is 18.2 Å². The van der Waals surface area contributed by atoms with Gasteiger partial charge in [-0.05, 0) is 11.6 Å². The summed E-state index contributed by atoms with van der Waals surface area (Å²) in [7, 11) is 0. The molecule has 0 fully saturated rings. The van der Waals surface area contributed by atoms with Crippen molar-refractivity contribution in [1.29, 1.82) is 0 Å². The molecular weight excluding hydrogens is 205 g/mol. The van der Waals surface area contributed by atoms with Crippen LogP contribution in [0.2, 0.25) is 0 Å². The van der Waals surface area contributed by atoms with E-state index in [1.807, 2.05) is 0 Å². The Bertz CT molecular complexity index is 441. The number of nitro groups is 1. The number of carboxylic acid groups (broad SMARTS) is 1. The van der Waals surface area contributed by atoms with Gasteiger partial charge in [0, 0.05) is 12.1 Å². The standard InChI is InChI=1S/C9H6FNO4/c10-8(9(12)13)5-6-2-1-3-7(4-6)11(14)15/h1-5H,(H,12,13)/b8-5+. The molecule has 0 heterocycles. The average Bonchev–Trinajstić information content (AvgIpc) is 2.18. The molecule has 0 aliphatic rings. The Balaban J connectivity index is 3.06. The number of carbonyl (C=O) groups is 1. The summed E-state index contributed by atoms with van der Waals surface area (Å²) in [6.45, 7) is 0. The number of nitro benzene ring substituents is 1. The first-order chi connectivity index (χ1) is 7.00. The van der Waals surface area contributed by atoms with Crippen LogP contribution in [-0.4, -0.2) is 16.0 Å². The number of non-ortho nitro benzene ring substituents is 1. The van der Waals surface area contributed by atoms with E-state index in [-0.39, 0.29) is 11.3 Å². The summed E-state index contributed by atoms with van der Waals surface area (Å²) in [5.41, 5.74) is -0.0916.